The van der Waals surface area contributed by atoms with Crippen molar-refractivity contribution < 1.29 is 9.90 Å². The number of hydrogen-bond acceptors (Lipinski definition) is 4. The van der Waals surface area contributed by atoms with Crippen LogP contribution in [0.4, 0.5) is 0 Å². The standard InChI is InChI=1S/C10H9ClN4O2/c1-5-7(4-12-15(5)2)6-3-8(10(16)17)13-14-9(6)11/h3-4H,1-2H3,(H,16,17). The van der Waals surface area contributed by atoms with Crippen molar-refractivity contribution in [2.24, 2.45) is 7.05 Å². The number of halogens is 1. The van der Waals surface area contributed by atoms with Gasteiger partial charge in [-0.1, -0.05) is 11.6 Å². The molecule has 17 heavy (non-hydrogen) atoms. The van der Waals surface area contributed by atoms with Gasteiger partial charge in [-0.25, -0.2) is 4.79 Å². The second-order valence-corrected chi connectivity index (χ2v) is 3.86. The first-order valence-electron chi connectivity index (χ1n) is 4.76. The van der Waals surface area contributed by atoms with Gasteiger partial charge in [0.05, 0.1) is 6.20 Å². The Kier molecular flexibility index (Phi) is 2.81. The Bertz CT molecular complexity index is 594. The fourth-order valence-electron chi connectivity index (χ4n) is 1.43. The summed E-state index contributed by atoms with van der Waals surface area (Å²) in [5, 5.41) is 20.2. The van der Waals surface area contributed by atoms with E-state index in [9.17, 15) is 4.79 Å². The van der Waals surface area contributed by atoms with Gasteiger partial charge in [-0.15, -0.1) is 10.2 Å². The molecular weight excluding hydrogens is 244 g/mol. The van der Waals surface area contributed by atoms with Crippen LogP contribution in [0, 0.1) is 6.92 Å². The number of carbonyl (C=O) groups is 1. The number of rotatable bonds is 2. The van der Waals surface area contributed by atoms with Crippen LogP contribution in [0.1, 0.15) is 16.2 Å². The molecule has 1 N–H and O–H groups in total. The summed E-state index contributed by atoms with van der Waals surface area (Å²) in [6.45, 7) is 1.86. The number of carboxylic acids is 1. The molecule has 0 unspecified atom stereocenters. The lowest BCUT2D eigenvalue weighted by Gasteiger charge is -2.03. The molecule has 0 aliphatic rings. The van der Waals surface area contributed by atoms with E-state index in [1.807, 2.05) is 6.92 Å². The second-order valence-electron chi connectivity index (χ2n) is 3.51. The summed E-state index contributed by atoms with van der Waals surface area (Å²) < 4.78 is 1.67. The summed E-state index contributed by atoms with van der Waals surface area (Å²) in [4.78, 5) is 10.8. The number of aromatic carboxylic acids is 1. The van der Waals surface area contributed by atoms with Gasteiger partial charge in [0.2, 0.25) is 0 Å². The first kappa shape index (κ1) is 11.5. The van der Waals surface area contributed by atoms with Crippen LogP contribution in [-0.4, -0.2) is 31.1 Å². The summed E-state index contributed by atoms with van der Waals surface area (Å²) in [6.07, 6.45) is 1.61. The number of hydrogen-bond donors (Lipinski definition) is 1. The van der Waals surface area contributed by atoms with E-state index in [0.29, 0.717) is 5.56 Å². The molecule has 0 fully saturated rings. The number of carboxylic acid groups (broad SMARTS) is 1. The Balaban J connectivity index is 2.62. The van der Waals surface area contributed by atoms with E-state index in [1.165, 1.54) is 6.07 Å². The SMILES string of the molecule is Cc1c(-c2cc(C(=O)O)nnc2Cl)cnn1C. The van der Waals surface area contributed by atoms with E-state index < -0.39 is 5.97 Å². The number of aryl methyl sites for hydroxylation is 1. The molecule has 88 valence electrons. The average molecular weight is 253 g/mol. The molecule has 0 saturated carbocycles. The summed E-state index contributed by atoms with van der Waals surface area (Å²) in [5.41, 5.74) is 1.99. The van der Waals surface area contributed by atoms with Crippen LogP contribution in [0.15, 0.2) is 12.3 Å². The maximum Gasteiger partial charge on any atom is 0.356 e. The topological polar surface area (TPSA) is 80.9 Å². The Hall–Kier alpha value is -1.95. The first-order valence-corrected chi connectivity index (χ1v) is 5.14. The predicted molar refractivity (Wildman–Crippen MR) is 60.9 cm³/mol. The van der Waals surface area contributed by atoms with Crippen LogP contribution in [0.2, 0.25) is 5.15 Å². The summed E-state index contributed by atoms with van der Waals surface area (Å²) >= 11 is 5.91. The Morgan fingerprint density at radius 3 is 2.65 bits per heavy atom. The third-order valence-corrected chi connectivity index (χ3v) is 2.77. The van der Waals surface area contributed by atoms with Crippen LogP contribution in [0.5, 0.6) is 0 Å². The average Bonchev–Trinajstić information content (AvgIpc) is 2.60. The van der Waals surface area contributed by atoms with Gasteiger partial charge in [0, 0.05) is 23.9 Å². The first-order chi connectivity index (χ1) is 8.00. The maximum atomic E-state index is 10.8. The van der Waals surface area contributed by atoms with E-state index in [2.05, 4.69) is 15.3 Å². The number of aromatic nitrogens is 4. The van der Waals surface area contributed by atoms with Gasteiger partial charge in [-0.05, 0) is 13.0 Å². The van der Waals surface area contributed by atoms with Crippen molar-refractivity contribution in [2.75, 3.05) is 0 Å². The van der Waals surface area contributed by atoms with E-state index in [-0.39, 0.29) is 10.8 Å². The van der Waals surface area contributed by atoms with Crippen LogP contribution >= 0.6 is 11.6 Å². The van der Waals surface area contributed by atoms with Gasteiger partial charge in [-0.3, -0.25) is 4.68 Å². The highest BCUT2D eigenvalue weighted by Gasteiger charge is 2.15. The zero-order valence-electron chi connectivity index (χ0n) is 9.18. The highest BCUT2D eigenvalue weighted by atomic mass is 35.5. The Labute approximate surface area is 102 Å². The molecule has 2 aromatic rings. The van der Waals surface area contributed by atoms with Crippen LogP contribution in [0.25, 0.3) is 11.1 Å². The van der Waals surface area contributed by atoms with Crippen LogP contribution in [-0.2, 0) is 7.05 Å². The molecule has 0 amide bonds. The van der Waals surface area contributed by atoms with Gasteiger partial charge in [-0.2, -0.15) is 5.10 Å². The third kappa shape index (κ3) is 1.99. The molecule has 0 bridgehead atoms. The van der Waals surface area contributed by atoms with E-state index >= 15 is 0 Å². The van der Waals surface area contributed by atoms with Crippen LogP contribution < -0.4 is 0 Å². The maximum absolute atomic E-state index is 10.8. The van der Waals surface area contributed by atoms with E-state index in [1.54, 1.807) is 17.9 Å². The fraction of sp³-hybridized carbons (Fsp3) is 0.200. The summed E-state index contributed by atoms with van der Waals surface area (Å²) in [6, 6.07) is 1.39. The van der Waals surface area contributed by atoms with Gasteiger partial charge >= 0.3 is 5.97 Å². The molecule has 0 spiro atoms. The lowest BCUT2D eigenvalue weighted by Crippen LogP contribution is -2.03. The van der Waals surface area contributed by atoms with Crippen molar-refractivity contribution in [3.8, 4) is 11.1 Å². The smallest absolute Gasteiger partial charge is 0.356 e. The van der Waals surface area contributed by atoms with Crippen molar-refractivity contribution >= 4 is 17.6 Å². The molecule has 0 saturated heterocycles. The Morgan fingerprint density at radius 1 is 1.41 bits per heavy atom. The van der Waals surface area contributed by atoms with Crippen molar-refractivity contribution in [1.82, 2.24) is 20.0 Å². The molecule has 2 aromatic heterocycles. The van der Waals surface area contributed by atoms with E-state index in [0.717, 1.165) is 11.3 Å². The monoisotopic (exact) mass is 252 g/mol. The van der Waals surface area contributed by atoms with Crippen molar-refractivity contribution in [1.29, 1.82) is 0 Å². The molecule has 2 heterocycles. The zero-order chi connectivity index (χ0) is 12.6. The van der Waals surface area contributed by atoms with Crippen molar-refractivity contribution in [3.05, 3.63) is 28.8 Å². The van der Waals surface area contributed by atoms with Gasteiger partial charge in [0.15, 0.2) is 10.8 Å². The molecule has 7 heteroatoms. The molecule has 0 aliphatic heterocycles. The molecule has 0 atom stereocenters. The number of nitrogens with zero attached hydrogens (tertiary/aromatic N) is 4. The molecule has 6 nitrogen and oxygen atoms in total. The summed E-state index contributed by atoms with van der Waals surface area (Å²) in [5.74, 6) is -1.14. The van der Waals surface area contributed by atoms with Gasteiger partial charge < -0.3 is 5.11 Å². The minimum Gasteiger partial charge on any atom is -0.476 e. The molecule has 2 rings (SSSR count). The molecule has 0 aliphatic carbocycles. The molecular formula is C10H9ClN4O2. The lowest BCUT2D eigenvalue weighted by atomic mass is 10.1. The predicted octanol–water partition coefficient (Wildman–Crippen LogP) is 1.54. The molecule has 0 aromatic carbocycles. The molecule has 0 radical (unpaired) electrons. The summed E-state index contributed by atoms with van der Waals surface area (Å²) in [7, 11) is 1.79. The van der Waals surface area contributed by atoms with E-state index in [4.69, 9.17) is 16.7 Å². The third-order valence-electron chi connectivity index (χ3n) is 2.49. The van der Waals surface area contributed by atoms with Gasteiger partial charge in [0.25, 0.3) is 0 Å². The second kappa shape index (κ2) is 4.14. The zero-order valence-corrected chi connectivity index (χ0v) is 9.93. The highest BCUT2D eigenvalue weighted by Crippen LogP contribution is 2.28. The quantitative estimate of drug-likeness (QED) is 0.877. The minimum absolute atomic E-state index is 0.146. The Morgan fingerprint density at radius 2 is 2.12 bits per heavy atom. The largest absolute Gasteiger partial charge is 0.476 e. The fourth-order valence-corrected chi connectivity index (χ4v) is 1.63. The van der Waals surface area contributed by atoms with Crippen molar-refractivity contribution in [3.63, 3.8) is 0 Å². The van der Waals surface area contributed by atoms with Crippen molar-refractivity contribution in [2.45, 2.75) is 6.92 Å². The highest BCUT2D eigenvalue weighted by molar-refractivity contribution is 6.32. The normalized spacial score (nSPS) is 10.5. The minimum atomic E-state index is -1.14. The lowest BCUT2D eigenvalue weighted by molar-refractivity contribution is 0.0689. The van der Waals surface area contributed by atoms with Gasteiger partial charge in [0.1, 0.15) is 0 Å². The van der Waals surface area contributed by atoms with Crippen LogP contribution in [0.3, 0.4) is 0 Å².